The van der Waals surface area contributed by atoms with Crippen LogP contribution in [-0.4, -0.2) is 58.3 Å². The fourth-order valence-electron chi connectivity index (χ4n) is 4.20. The van der Waals surface area contributed by atoms with Crippen LogP contribution < -0.4 is 5.32 Å². The van der Waals surface area contributed by atoms with Gasteiger partial charge in [-0.2, -0.15) is 0 Å². The fourth-order valence-corrected chi connectivity index (χ4v) is 4.20. The van der Waals surface area contributed by atoms with Crippen molar-refractivity contribution in [3.63, 3.8) is 0 Å². The van der Waals surface area contributed by atoms with Gasteiger partial charge < -0.3 is 10.2 Å². The van der Waals surface area contributed by atoms with E-state index in [0.717, 1.165) is 38.8 Å². The number of carbonyl (C=O) groups is 2. The van der Waals surface area contributed by atoms with Crippen LogP contribution in [0.1, 0.15) is 46.0 Å². The topological polar surface area (TPSA) is 65.5 Å². The van der Waals surface area contributed by atoms with E-state index in [1.807, 2.05) is 12.1 Å². The summed E-state index contributed by atoms with van der Waals surface area (Å²) in [6.45, 7) is 6.37. The Morgan fingerprint density at radius 1 is 1.12 bits per heavy atom. The van der Waals surface area contributed by atoms with Crippen LogP contribution in [0.3, 0.4) is 0 Å². The summed E-state index contributed by atoms with van der Waals surface area (Å²) in [5.74, 6) is 0.869. The smallest absolute Gasteiger partial charge is 0.237 e. The summed E-state index contributed by atoms with van der Waals surface area (Å²) >= 11 is 0. The highest BCUT2D eigenvalue weighted by molar-refractivity contribution is 5.91. The Labute approximate surface area is 156 Å². The maximum absolute atomic E-state index is 12.7. The molecule has 0 spiro atoms. The quantitative estimate of drug-likeness (QED) is 0.898. The van der Waals surface area contributed by atoms with Gasteiger partial charge in [0.05, 0.1) is 6.54 Å². The van der Waals surface area contributed by atoms with Gasteiger partial charge in [-0.15, -0.1) is 0 Å². The van der Waals surface area contributed by atoms with E-state index in [1.54, 1.807) is 12.3 Å². The van der Waals surface area contributed by atoms with Crippen LogP contribution in [0.25, 0.3) is 0 Å². The minimum absolute atomic E-state index is 0.00353. The average Bonchev–Trinajstić information content (AvgIpc) is 2.63. The molecule has 1 aromatic heterocycles. The first kappa shape index (κ1) is 18.8. The Hall–Kier alpha value is -1.95. The predicted octanol–water partition coefficient (Wildman–Crippen LogP) is 2.52. The Bertz CT molecular complexity index is 603. The molecule has 2 atom stereocenters. The van der Waals surface area contributed by atoms with Crippen molar-refractivity contribution in [3.8, 4) is 0 Å². The Morgan fingerprint density at radius 3 is 2.42 bits per heavy atom. The summed E-state index contributed by atoms with van der Waals surface area (Å²) < 4.78 is 0. The number of pyridine rings is 1. The van der Waals surface area contributed by atoms with Crippen LogP contribution >= 0.6 is 0 Å². The van der Waals surface area contributed by atoms with Gasteiger partial charge in [0.25, 0.3) is 0 Å². The number of carbonyl (C=O) groups excluding carboxylic acids is 2. The molecule has 6 nitrogen and oxygen atoms in total. The average molecular weight is 358 g/mol. The maximum Gasteiger partial charge on any atom is 0.237 e. The summed E-state index contributed by atoms with van der Waals surface area (Å²) in [5, 5.41) is 2.89. The summed E-state index contributed by atoms with van der Waals surface area (Å²) in [5.41, 5.74) is 0. The lowest BCUT2D eigenvalue weighted by molar-refractivity contribution is -0.138. The van der Waals surface area contributed by atoms with Crippen molar-refractivity contribution in [3.05, 3.63) is 24.4 Å². The molecule has 2 saturated heterocycles. The first-order valence-electron chi connectivity index (χ1n) is 9.80. The molecule has 142 valence electrons. The standard InChI is InChI=1S/C20H30N4O2/c1-15-6-5-7-16(2)24(15)19(25)14-23-12-9-17(10-13-23)20(26)22-18-8-3-4-11-21-18/h3-4,8,11,15-17H,5-7,9-10,12-14H2,1-2H3,(H,21,22,26). The first-order chi connectivity index (χ1) is 12.5. The number of likely N-dealkylation sites (tertiary alicyclic amines) is 2. The molecule has 2 amide bonds. The van der Waals surface area contributed by atoms with Crippen molar-refractivity contribution < 1.29 is 9.59 Å². The van der Waals surface area contributed by atoms with Gasteiger partial charge in [0.2, 0.25) is 11.8 Å². The lowest BCUT2D eigenvalue weighted by Gasteiger charge is -2.41. The summed E-state index contributed by atoms with van der Waals surface area (Å²) in [6.07, 6.45) is 6.67. The lowest BCUT2D eigenvalue weighted by Crippen LogP contribution is -2.52. The van der Waals surface area contributed by atoms with Gasteiger partial charge in [0, 0.05) is 24.2 Å². The largest absolute Gasteiger partial charge is 0.336 e. The van der Waals surface area contributed by atoms with Crippen molar-refractivity contribution in [2.45, 2.75) is 58.0 Å². The van der Waals surface area contributed by atoms with Gasteiger partial charge in [0.1, 0.15) is 5.82 Å². The molecule has 0 radical (unpaired) electrons. The molecule has 3 rings (SSSR count). The molecule has 2 unspecified atom stereocenters. The molecule has 0 aliphatic carbocycles. The number of hydrogen-bond donors (Lipinski definition) is 1. The van der Waals surface area contributed by atoms with E-state index in [1.165, 1.54) is 6.42 Å². The van der Waals surface area contributed by atoms with E-state index in [-0.39, 0.29) is 17.7 Å². The third kappa shape index (κ3) is 4.61. The molecule has 3 heterocycles. The molecular formula is C20H30N4O2. The normalized spacial score (nSPS) is 25.1. The van der Waals surface area contributed by atoms with Crippen LogP contribution in [0, 0.1) is 5.92 Å². The highest BCUT2D eigenvalue weighted by atomic mass is 16.2. The molecule has 0 bridgehead atoms. The number of hydrogen-bond acceptors (Lipinski definition) is 4. The number of aromatic nitrogens is 1. The van der Waals surface area contributed by atoms with Crippen molar-refractivity contribution in [1.29, 1.82) is 0 Å². The molecular weight excluding hydrogens is 328 g/mol. The molecule has 2 aliphatic heterocycles. The highest BCUT2D eigenvalue weighted by Gasteiger charge is 2.31. The number of piperidine rings is 2. The molecule has 0 saturated carbocycles. The van der Waals surface area contributed by atoms with Crippen LogP contribution in [0.4, 0.5) is 5.82 Å². The van der Waals surface area contributed by atoms with Crippen molar-refractivity contribution in [1.82, 2.24) is 14.8 Å². The zero-order valence-corrected chi connectivity index (χ0v) is 15.9. The summed E-state index contributed by atoms with van der Waals surface area (Å²) in [6, 6.07) is 6.17. The number of amides is 2. The van der Waals surface area contributed by atoms with Gasteiger partial charge in [-0.3, -0.25) is 14.5 Å². The molecule has 0 aromatic carbocycles. The molecule has 2 fully saturated rings. The zero-order chi connectivity index (χ0) is 18.5. The van der Waals surface area contributed by atoms with E-state index in [9.17, 15) is 9.59 Å². The minimum atomic E-state index is -0.00353. The number of nitrogens with one attached hydrogen (secondary N) is 1. The Balaban J connectivity index is 1.46. The fraction of sp³-hybridized carbons (Fsp3) is 0.650. The van der Waals surface area contributed by atoms with Crippen molar-refractivity contribution in [2.24, 2.45) is 5.92 Å². The maximum atomic E-state index is 12.7. The SMILES string of the molecule is CC1CCCC(C)N1C(=O)CN1CCC(C(=O)Nc2ccccn2)CC1. The molecule has 2 aliphatic rings. The number of nitrogens with zero attached hydrogens (tertiary/aromatic N) is 3. The predicted molar refractivity (Wildman–Crippen MR) is 102 cm³/mol. The molecule has 1 N–H and O–H groups in total. The second-order valence-corrected chi connectivity index (χ2v) is 7.68. The second-order valence-electron chi connectivity index (χ2n) is 7.68. The van der Waals surface area contributed by atoms with E-state index < -0.39 is 0 Å². The Kier molecular flexibility index (Phi) is 6.25. The van der Waals surface area contributed by atoms with Gasteiger partial charge >= 0.3 is 0 Å². The van der Waals surface area contributed by atoms with Crippen LogP contribution in [0.2, 0.25) is 0 Å². The summed E-state index contributed by atoms with van der Waals surface area (Å²) in [4.78, 5) is 33.5. The monoisotopic (exact) mass is 358 g/mol. The Morgan fingerprint density at radius 2 is 1.81 bits per heavy atom. The first-order valence-corrected chi connectivity index (χ1v) is 9.80. The molecule has 1 aromatic rings. The van der Waals surface area contributed by atoms with Crippen molar-refractivity contribution >= 4 is 17.6 Å². The van der Waals surface area contributed by atoms with Crippen LogP contribution in [0.15, 0.2) is 24.4 Å². The zero-order valence-electron chi connectivity index (χ0n) is 15.9. The molecule has 26 heavy (non-hydrogen) atoms. The van der Waals surface area contributed by atoms with Gasteiger partial charge in [0.15, 0.2) is 0 Å². The molecule has 6 heteroatoms. The third-order valence-electron chi connectivity index (χ3n) is 5.71. The van der Waals surface area contributed by atoms with Gasteiger partial charge in [-0.05, 0) is 71.2 Å². The van der Waals surface area contributed by atoms with E-state index >= 15 is 0 Å². The lowest BCUT2D eigenvalue weighted by atomic mass is 9.95. The summed E-state index contributed by atoms with van der Waals surface area (Å²) in [7, 11) is 0. The van der Waals surface area contributed by atoms with E-state index in [4.69, 9.17) is 0 Å². The van der Waals surface area contributed by atoms with Gasteiger partial charge in [-0.1, -0.05) is 6.07 Å². The van der Waals surface area contributed by atoms with Crippen LogP contribution in [0.5, 0.6) is 0 Å². The van der Waals surface area contributed by atoms with Crippen LogP contribution in [-0.2, 0) is 9.59 Å². The number of anilines is 1. The van der Waals surface area contributed by atoms with Gasteiger partial charge in [-0.25, -0.2) is 4.98 Å². The second kappa shape index (κ2) is 8.62. The van der Waals surface area contributed by atoms with E-state index in [2.05, 4.69) is 33.9 Å². The van der Waals surface area contributed by atoms with Crippen molar-refractivity contribution in [2.75, 3.05) is 25.0 Å². The number of rotatable bonds is 4. The third-order valence-corrected chi connectivity index (χ3v) is 5.71. The highest BCUT2D eigenvalue weighted by Crippen LogP contribution is 2.24. The minimum Gasteiger partial charge on any atom is -0.336 e. The van der Waals surface area contributed by atoms with E-state index in [0.29, 0.717) is 24.4 Å².